The van der Waals surface area contributed by atoms with Crippen LogP contribution in [0, 0.1) is 11.3 Å². The molecule has 138 valence electrons. The number of rotatable bonds is 6. The van der Waals surface area contributed by atoms with Crippen molar-refractivity contribution in [2.75, 3.05) is 5.32 Å². The minimum Gasteiger partial charge on any atom is -0.324 e. The molecule has 0 bridgehead atoms. The lowest BCUT2D eigenvalue weighted by atomic mass is 10.2. The Morgan fingerprint density at radius 3 is 2.54 bits per heavy atom. The number of carbonyl (C=O) groups excluding carboxylic acids is 2. The van der Waals surface area contributed by atoms with Gasteiger partial charge in [-0.05, 0) is 25.1 Å². The first-order valence-corrected chi connectivity index (χ1v) is 8.13. The van der Waals surface area contributed by atoms with E-state index >= 15 is 0 Å². The fraction of sp³-hybridized carbons (Fsp3) is 0.111. The average molecular weight is 374 g/mol. The van der Waals surface area contributed by atoms with Gasteiger partial charge in [-0.15, -0.1) is 5.11 Å². The Morgan fingerprint density at radius 2 is 1.89 bits per heavy atom. The molecule has 10 heteroatoms. The highest BCUT2D eigenvalue weighted by molar-refractivity contribution is 6.10. The van der Waals surface area contributed by atoms with Crippen LogP contribution in [0.4, 0.5) is 11.5 Å². The van der Waals surface area contributed by atoms with Crippen molar-refractivity contribution in [3.63, 3.8) is 0 Å². The van der Waals surface area contributed by atoms with Gasteiger partial charge in [0.2, 0.25) is 6.04 Å². The van der Waals surface area contributed by atoms with Crippen molar-refractivity contribution >= 4 is 23.2 Å². The Bertz CT molecular complexity index is 1050. The fourth-order valence-electron chi connectivity index (χ4n) is 2.23. The fourth-order valence-corrected chi connectivity index (χ4v) is 2.23. The van der Waals surface area contributed by atoms with E-state index < -0.39 is 17.7 Å². The molecule has 0 saturated heterocycles. The smallest absolute Gasteiger partial charge is 0.258 e. The lowest BCUT2D eigenvalue weighted by molar-refractivity contribution is -0.126. The number of nitrogens with zero attached hydrogens (tertiary/aromatic N) is 7. The summed E-state index contributed by atoms with van der Waals surface area (Å²) >= 11 is 0. The highest BCUT2D eigenvalue weighted by atomic mass is 16.2. The molecule has 0 saturated carbocycles. The molecule has 0 fully saturated rings. The van der Waals surface area contributed by atoms with Crippen LogP contribution in [0.5, 0.6) is 0 Å². The van der Waals surface area contributed by atoms with E-state index in [0.717, 1.165) is 0 Å². The Hall–Kier alpha value is -4.26. The Labute approximate surface area is 159 Å². The first-order chi connectivity index (χ1) is 13.6. The molecule has 2 aromatic heterocycles. The van der Waals surface area contributed by atoms with E-state index in [1.165, 1.54) is 30.2 Å². The molecule has 3 aromatic rings. The molecular weight excluding hydrogens is 360 g/mol. The molecule has 10 nitrogen and oxygen atoms in total. The minimum atomic E-state index is -1.38. The third-order valence-electron chi connectivity index (χ3n) is 3.55. The van der Waals surface area contributed by atoms with Crippen LogP contribution in [0.2, 0.25) is 0 Å². The molecule has 28 heavy (non-hydrogen) atoms. The topological polar surface area (TPSA) is 138 Å². The number of amides is 1. The van der Waals surface area contributed by atoms with Gasteiger partial charge in [-0.1, -0.05) is 18.2 Å². The van der Waals surface area contributed by atoms with Gasteiger partial charge >= 0.3 is 0 Å². The van der Waals surface area contributed by atoms with Gasteiger partial charge < -0.3 is 5.32 Å². The number of nitriles is 1. The summed E-state index contributed by atoms with van der Waals surface area (Å²) in [6.45, 7) is 1.23. The van der Waals surface area contributed by atoms with Crippen molar-refractivity contribution in [2.24, 2.45) is 10.2 Å². The predicted molar refractivity (Wildman–Crippen MR) is 97.9 cm³/mol. The summed E-state index contributed by atoms with van der Waals surface area (Å²) in [6, 6.07) is 10.8. The quantitative estimate of drug-likeness (QED) is 0.518. The van der Waals surface area contributed by atoms with E-state index in [4.69, 9.17) is 0 Å². The predicted octanol–water partition coefficient (Wildman–Crippen LogP) is 2.21. The van der Waals surface area contributed by atoms with E-state index in [-0.39, 0.29) is 17.3 Å². The lowest BCUT2D eigenvalue weighted by Crippen LogP contribution is -2.31. The molecule has 0 spiro atoms. The van der Waals surface area contributed by atoms with Crippen molar-refractivity contribution in [2.45, 2.75) is 13.0 Å². The zero-order valence-corrected chi connectivity index (χ0v) is 14.7. The largest absolute Gasteiger partial charge is 0.324 e. The number of nitrogens with one attached hydrogen (secondary N) is 1. The maximum atomic E-state index is 12.4. The molecule has 2 heterocycles. The van der Waals surface area contributed by atoms with E-state index in [9.17, 15) is 14.9 Å². The number of aromatic nitrogens is 4. The number of azo groups is 1. The van der Waals surface area contributed by atoms with Crippen LogP contribution < -0.4 is 5.32 Å². The van der Waals surface area contributed by atoms with E-state index in [1.54, 1.807) is 36.4 Å². The zero-order valence-electron chi connectivity index (χ0n) is 14.7. The molecule has 1 amide bonds. The van der Waals surface area contributed by atoms with Gasteiger partial charge in [-0.25, -0.2) is 9.97 Å². The normalized spacial score (nSPS) is 11.7. The molecule has 0 aliphatic carbocycles. The maximum Gasteiger partial charge on any atom is 0.258 e. The summed E-state index contributed by atoms with van der Waals surface area (Å²) in [5, 5.41) is 23.7. The van der Waals surface area contributed by atoms with E-state index in [0.29, 0.717) is 5.69 Å². The van der Waals surface area contributed by atoms with Crippen molar-refractivity contribution in [3.8, 4) is 12.0 Å². The second kappa shape index (κ2) is 8.41. The molecule has 0 radical (unpaired) electrons. The molecule has 1 atom stereocenters. The molecule has 0 aliphatic rings. The lowest BCUT2D eigenvalue weighted by Gasteiger charge is -2.09. The Morgan fingerprint density at radius 1 is 1.18 bits per heavy atom. The van der Waals surface area contributed by atoms with Crippen LogP contribution in [0.1, 0.15) is 12.5 Å². The van der Waals surface area contributed by atoms with Gasteiger partial charge in [0.15, 0.2) is 11.6 Å². The number of para-hydroxylation sites is 1. The first kappa shape index (κ1) is 18.5. The molecular formula is C18H14N8O2. The van der Waals surface area contributed by atoms with Crippen molar-refractivity contribution in [1.29, 1.82) is 5.26 Å². The SMILES string of the molecule is CC(=O)C(N=Nc1c(C#N)cnn1-c1ncccn1)C(=O)Nc1ccccc1. The molecule has 0 aliphatic heterocycles. The Balaban J connectivity index is 1.90. The summed E-state index contributed by atoms with van der Waals surface area (Å²) in [7, 11) is 0. The van der Waals surface area contributed by atoms with Gasteiger partial charge in [-0.2, -0.15) is 20.2 Å². The Kier molecular flexibility index (Phi) is 5.57. The number of benzene rings is 1. The van der Waals surface area contributed by atoms with Crippen LogP contribution in [0.25, 0.3) is 5.95 Å². The summed E-state index contributed by atoms with van der Waals surface area (Å²) in [6.07, 6.45) is 4.28. The van der Waals surface area contributed by atoms with Crippen LogP contribution in [-0.4, -0.2) is 37.5 Å². The summed E-state index contributed by atoms with van der Waals surface area (Å²) in [5.74, 6) is -0.945. The number of Topliss-reactive ketones (excluding diaryl/α,β-unsaturated/α-hetero) is 1. The number of ketones is 1. The maximum absolute atomic E-state index is 12.4. The van der Waals surface area contributed by atoms with E-state index in [1.807, 2.05) is 6.07 Å². The highest BCUT2D eigenvalue weighted by Crippen LogP contribution is 2.21. The molecule has 3 rings (SSSR count). The van der Waals surface area contributed by atoms with Gasteiger partial charge in [0.25, 0.3) is 11.9 Å². The standard InChI is InChI=1S/C18H14N8O2/c1-12(27)15(17(28)23-14-6-3-2-4-7-14)24-25-16-13(10-19)11-22-26(16)18-20-8-5-9-21-18/h2-9,11,15H,1H3,(H,23,28). The zero-order chi connectivity index (χ0) is 19.9. The third-order valence-corrected chi connectivity index (χ3v) is 3.55. The van der Waals surface area contributed by atoms with E-state index in [2.05, 4.69) is 30.6 Å². The third kappa shape index (κ3) is 4.10. The summed E-state index contributed by atoms with van der Waals surface area (Å²) < 4.78 is 1.20. The van der Waals surface area contributed by atoms with Crippen LogP contribution in [0.3, 0.4) is 0 Å². The van der Waals surface area contributed by atoms with Gasteiger partial charge in [-0.3, -0.25) is 9.59 Å². The average Bonchev–Trinajstić information content (AvgIpc) is 3.12. The highest BCUT2D eigenvalue weighted by Gasteiger charge is 2.24. The van der Waals surface area contributed by atoms with Crippen LogP contribution in [0.15, 0.2) is 65.2 Å². The second-order valence-corrected chi connectivity index (χ2v) is 5.54. The van der Waals surface area contributed by atoms with Crippen LogP contribution in [-0.2, 0) is 9.59 Å². The van der Waals surface area contributed by atoms with Crippen molar-refractivity contribution < 1.29 is 9.59 Å². The summed E-state index contributed by atoms with van der Waals surface area (Å²) in [4.78, 5) is 32.4. The van der Waals surface area contributed by atoms with Crippen molar-refractivity contribution in [3.05, 3.63) is 60.6 Å². The second-order valence-electron chi connectivity index (χ2n) is 5.54. The summed E-state index contributed by atoms with van der Waals surface area (Å²) in [5.41, 5.74) is 0.622. The van der Waals surface area contributed by atoms with Crippen LogP contribution >= 0.6 is 0 Å². The minimum absolute atomic E-state index is 0.0208. The van der Waals surface area contributed by atoms with Crippen molar-refractivity contribution in [1.82, 2.24) is 19.7 Å². The van der Waals surface area contributed by atoms with Gasteiger partial charge in [0.1, 0.15) is 11.6 Å². The monoisotopic (exact) mass is 374 g/mol. The number of hydrogen-bond donors (Lipinski definition) is 1. The number of carbonyl (C=O) groups is 2. The number of anilines is 1. The number of hydrogen-bond acceptors (Lipinski definition) is 8. The molecule has 1 unspecified atom stereocenters. The first-order valence-electron chi connectivity index (χ1n) is 8.13. The van der Waals surface area contributed by atoms with Gasteiger partial charge in [0.05, 0.1) is 6.20 Å². The molecule has 1 aromatic carbocycles. The van der Waals surface area contributed by atoms with Gasteiger partial charge in [0, 0.05) is 18.1 Å². The molecule has 1 N–H and O–H groups in total.